The van der Waals surface area contributed by atoms with Gasteiger partial charge in [-0.1, -0.05) is 12.2 Å². The minimum atomic E-state index is -1.14. The second kappa shape index (κ2) is 5.52. The van der Waals surface area contributed by atoms with Crippen LogP contribution in [-0.2, 0) is 9.47 Å². The summed E-state index contributed by atoms with van der Waals surface area (Å²) < 4.78 is 24.0. The minimum absolute atomic E-state index is 0.0326. The number of ether oxygens (including phenoxy) is 2. The lowest BCUT2D eigenvalue weighted by atomic mass is 9.74. The van der Waals surface area contributed by atoms with Crippen LogP contribution in [0.1, 0.15) is 6.92 Å². The summed E-state index contributed by atoms with van der Waals surface area (Å²) in [7, 11) is 7.17. The molecule has 0 aromatic heterocycles. The van der Waals surface area contributed by atoms with E-state index in [4.69, 9.17) is 17.3 Å². The van der Waals surface area contributed by atoms with Crippen molar-refractivity contribution in [2.24, 2.45) is 5.92 Å². The zero-order valence-electron chi connectivity index (χ0n) is 8.65. The van der Waals surface area contributed by atoms with Gasteiger partial charge in [0.15, 0.2) is 0 Å². The van der Waals surface area contributed by atoms with Crippen molar-refractivity contribution >= 4 is 7.85 Å². The fraction of sp³-hybridized carbons (Fsp3) is 0.800. The van der Waals surface area contributed by atoms with E-state index in [-0.39, 0.29) is 5.92 Å². The van der Waals surface area contributed by atoms with Gasteiger partial charge in [-0.25, -0.2) is 4.39 Å². The third-order valence-corrected chi connectivity index (χ3v) is 2.40. The summed E-state index contributed by atoms with van der Waals surface area (Å²) in [6, 6.07) is 0. The summed E-state index contributed by atoms with van der Waals surface area (Å²) >= 11 is 0. The first kappa shape index (κ1) is 11.7. The van der Waals surface area contributed by atoms with E-state index in [1.165, 1.54) is 0 Å². The fourth-order valence-corrected chi connectivity index (χ4v) is 1.69. The summed E-state index contributed by atoms with van der Waals surface area (Å²) in [5.41, 5.74) is 0. The van der Waals surface area contributed by atoms with Crippen LogP contribution in [-0.4, -0.2) is 40.4 Å². The second-order valence-electron chi connectivity index (χ2n) is 3.45. The summed E-state index contributed by atoms with van der Waals surface area (Å²) in [5.74, 6) is -0.589. The molecule has 0 heterocycles. The Kier molecular flexibility index (Phi) is 4.62. The Hall–Kier alpha value is -0.345. The molecule has 0 unspecified atom stereocenters. The molecule has 4 heteroatoms. The van der Waals surface area contributed by atoms with Gasteiger partial charge in [0.25, 0.3) is 0 Å². The number of hydrogen-bond donors (Lipinski definition) is 0. The summed E-state index contributed by atoms with van der Waals surface area (Å²) in [5, 5.41) is 0. The molecule has 1 aliphatic carbocycles. The van der Waals surface area contributed by atoms with Crippen molar-refractivity contribution in [2.75, 3.05) is 20.3 Å². The highest BCUT2D eigenvalue weighted by Gasteiger charge is 2.34. The molecular formula is C10H16BFO2. The SMILES string of the molecule is [B][C@@H]1C=C[C@H](COC)[C@@H](OCC)[C@H]1F. The first-order valence-electron chi connectivity index (χ1n) is 4.89. The monoisotopic (exact) mass is 198 g/mol. The molecule has 0 fully saturated rings. The van der Waals surface area contributed by atoms with Crippen LogP contribution in [0.3, 0.4) is 0 Å². The Labute approximate surface area is 85.9 Å². The van der Waals surface area contributed by atoms with Crippen LogP contribution in [0.4, 0.5) is 4.39 Å². The van der Waals surface area contributed by atoms with Gasteiger partial charge >= 0.3 is 0 Å². The normalized spacial score (nSPS) is 37.4. The van der Waals surface area contributed by atoms with Crippen LogP contribution < -0.4 is 0 Å². The van der Waals surface area contributed by atoms with E-state index < -0.39 is 18.1 Å². The maximum atomic E-state index is 13.6. The van der Waals surface area contributed by atoms with Gasteiger partial charge in [-0.05, 0) is 12.7 Å². The Morgan fingerprint density at radius 1 is 1.43 bits per heavy atom. The standard InChI is InChI=1S/C10H16BFO2/c1-3-14-10-7(6-13-2)4-5-8(11)9(10)12/h4-5,7-10H,3,6H2,1-2H3/t7-,8-,9+,10-/m1/s1. The average Bonchev–Trinajstić information content (AvgIpc) is 2.18. The zero-order valence-corrected chi connectivity index (χ0v) is 8.65. The number of alkyl halides is 1. The predicted octanol–water partition coefficient (Wildman–Crippen LogP) is 1.52. The third kappa shape index (κ3) is 2.58. The molecule has 0 aromatic rings. The first-order chi connectivity index (χ1) is 6.70. The van der Waals surface area contributed by atoms with Gasteiger partial charge in [-0.3, -0.25) is 0 Å². The Morgan fingerprint density at radius 3 is 2.71 bits per heavy atom. The number of hydrogen-bond acceptors (Lipinski definition) is 2. The number of halogens is 1. The van der Waals surface area contributed by atoms with Gasteiger partial charge in [0.05, 0.1) is 20.6 Å². The van der Waals surface area contributed by atoms with E-state index in [1.807, 2.05) is 13.0 Å². The maximum Gasteiger partial charge on any atom is 0.125 e. The van der Waals surface area contributed by atoms with E-state index in [9.17, 15) is 4.39 Å². The molecule has 0 saturated heterocycles. The third-order valence-electron chi connectivity index (χ3n) is 2.40. The van der Waals surface area contributed by atoms with Crippen LogP contribution in [0.2, 0.25) is 5.82 Å². The van der Waals surface area contributed by atoms with E-state index in [0.717, 1.165) is 0 Å². The molecule has 78 valence electrons. The van der Waals surface area contributed by atoms with Crippen molar-refractivity contribution < 1.29 is 13.9 Å². The summed E-state index contributed by atoms with van der Waals surface area (Å²) in [6.45, 7) is 2.81. The predicted molar refractivity (Wildman–Crippen MR) is 54.3 cm³/mol. The molecule has 4 atom stereocenters. The average molecular weight is 198 g/mol. The number of rotatable bonds is 4. The van der Waals surface area contributed by atoms with Crippen molar-refractivity contribution in [1.82, 2.24) is 0 Å². The fourth-order valence-electron chi connectivity index (χ4n) is 1.69. The molecule has 0 saturated carbocycles. The lowest BCUT2D eigenvalue weighted by Gasteiger charge is -2.33. The van der Waals surface area contributed by atoms with Gasteiger partial charge in [0.2, 0.25) is 0 Å². The van der Waals surface area contributed by atoms with Crippen molar-refractivity contribution in [3.05, 3.63) is 12.2 Å². The summed E-state index contributed by atoms with van der Waals surface area (Å²) in [6.07, 6.45) is 1.95. The molecule has 0 amide bonds. The first-order valence-corrected chi connectivity index (χ1v) is 4.89. The van der Waals surface area contributed by atoms with Crippen molar-refractivity contribution in [3.8, 4) is 0 Å². The molecule has 1 aliphatic rings. The van der Waals surface area contributed by atoms with Gasteiger partial charge in [-0.15, -0.1) is 0 Å². The van der Waals surface area contributed by atoms with E-state index in [0.29, 0.717) is 13.2 Å². The van der Waals surface area contributed by atoms with E-state index in [1.54, 1.807) is 13.2 Å². The molecular weight excluding hydrogens is 182 g/mol. The largest absolute Gasteiger partial charge is 0.384 e. The molecule has 2 nitrogen and oxygen atoms in total. The molecule has 14 heavy (non-hydrogen) atoms. The highest BCUT2D eigenvalue weighted by Crippen LogP contribution is 2.30. The number of allylic oxidation sites excluding steroid dienone is 1. The maximum absolute atomic E-state index is 13.6. The molecule has 2 radical (unpaired) electrons. The number of methoxy groups -OCH3 is 1. The minimum Gasteiger partial charge on any atom is -0.384 e. The van der Waals surface area contributed by atoms with Crippen molar-refractivity contribution in [1.29, 1.82) is 0 Å². The molecule has 0 N–H and O–H groups in total. The van der Waals surface area contributed by atoms with E-state index in [2.05, 4.69) is 0 Å². The van der Waals surface area contributed by atoms with Crippen LogP contribution in [0.5, 0.6) is 0 Å². The Morgan fingerprint density at radius 2 is 2.14 bits per heavy atom. The van der Waals surface area contributed by atoms with Gasteiger partial charge in [0.1, 0.15) is 6.17 Å². The Bertz CT molecular complexity index is 199. The highest BCUT2D eigenvalue weighted by atomic mass is 19.1. The smallest absolute Gasteiger partial charge is 0.125 e. The lowest BCUT2D eigenvalue weighted by molar-refractivity contribution is -0.0415. The van der Waals surface area contributed by atoms with Crippen LogP contribution in [0.15, 0.2) is 12.2 Å². The summed E-state index contributed by atoms with van der Waals surface area (Å²) in [4.78, 5) is 0. The quantitative estimate of drug-likeness (QED) is 0.503. The molecule has 0 aromatic carbocycles. The topological polar surface area (TPSA) is 18.5 Å². The van der Waals surface area contributed by atoms with Crippen LogP contribution >= 0.6 is 0 Å². The van der Waals surface area contributed by atoms with Gasteiger partial charge < -0.3 is 9.47 Å². The zero-order chi connectivity index (χ0) is 10.6. The van der Waals surface area contributed by atoms with E-state index >= 15 is 0 Å². The molecule has 0 aliphatic heterocycles. The van der Waals surface area contributed by atoms with Crippen molar-refractivity contribution in [3.63, 3.8) is 0 Å². The second-order valence-corrected chi connectivity index (χ2v) is 3.45. The van der Waals surface area contributed by atoms with Gasteiger partial charge in [0, 0.05) is 19.6 Å². The molecule has 0 spiro atoms. The molecule has 0 bridgehead atoms. The molecule has 1 rings (SSSR count). The van der Waals surface area contributed by atoms with Crippen molar-refractivity contribution in [2.45, 2.75) is 25.0 Å². The lowest BCUT2D eigenvalue weighted by Crippen LogP contribution is -2.39. The highest BCUT2D eigenvalue weighted by molar-refractivity contribution is 6.13. The van der Waals surface area contributed by atoms with Gasteiger partial charge in [-0.2, -0.15) is 0 Å². The van der Waals surface area contributed by atoms with Crippen LogP contribution in [0, 0.1) is 5.92 Å². The Balaban J connectivity index is 2.66. The van der Waals surface area contributed by atoms with Crippen LogP contribution in [0.25, 0.3) is 0 Å².